The molecule has 1 heterocycles. The van der Waals surface area contributed by atoms with Gasteiger partial charge in [0.15, 0.2) is 0 Å². The molecular formula is C24H19N3O2S. The number of carboxylic acid groups (broad SMARTS) is 1. The molecule has 0 aliphatic heterocycles. The van der Waals surface area contributed by atoms with Crippen LogP contribution in [-0.4, -0.2) is 21.8 Å². The summed E-state index contributed by atoms with van der Waals surface area (Å²) < 4.78 is 0. The summed E-state index contributed by atoms with van der Waals surface area (Å²) in [6, 6.07) is 29.3. The first-order valence-corrected chi connectivity index (χ1v) is 10.2. The molecule has 0 aliphatic rings. The molecule has 4 rings (SSSR count). The third-order valence-electron chi connectivity index (χ3n) is 4.46. The van der Waals surface area contributed by atoms with E-state index in [2.05, 4.69) is 10.5 Å². The zero-order valence-corrected chi connectivity index (χ0v) is 16.8. The van der Waals surface area contributed by atoms with E-state index in [0.29, 0.717) is 5.13 Å². The summed E-state index contributed by atoms with van der Waals surface area (Å²) in [5.74, 6) is -1.06. The predicted molar refractivity (Wildman–Crippen MR) is 122 cm³/mol. The molecule has 6 heteroatoms. The molecule has 0 fully saturated rings. The fourth-order valence-electron chi connectivity index (χ4n) is 3.01. The Kier molecular flexibility index (Phi) is 5.96. The van der Waals surface area contributed by atoms with Gasteiger partial charge in [0.2, 0.25) is 5.13 Å². The minimum Gasteiger partial charge on any atom is -0.477 e. The summed E-state index contributed by atoms with van der Waals surface area (Å²) in [5.41, 5.74) is 6.65. The fraction of sp³-hybridized carbons (Fsp3) is 0.0417. The van der Waals surface area contributed by atoms with Crippen molar-refractivity contribution in [2.24, 2.45) is 5.10 Å². The van der Waals surface area contributed by atoms with Crippen LogP contribution in [0.3, 0.4) is 0 Å². The highest BCUT2D eigenvalue weighted by molar-refractivity contribution is 7.19. The molecule has 0 amide bonds. The number of anilines is 1. The Morgan fingerprint density at radius 3 is 2.03 bits per heavy atom. The smallest absolute Gasteiger partial charge is 0.352 e. The Bertz CT molecular complexity index is 1100. The monoisotopic (exact) mass is 413 g/mol. The maximum absolute atomic E-state index is 11.7. The van der Waals surface area contributed by atoms with Crippen LogP contribution in [0.5, 0.6) is 0 Å². The van der Waals surface area contributed by atoms with Crippen LogP contribution >= 0.6 is 11.3 Å². The summed E-state index contributed by atoms with van der Waals surface area (Å²) in [5, 5.41) is 14.2. The highest BCUT2D eigenvalue weighted by Crippen LogP contribution is 2.38. The Labute approximate surface area is 178 Å². The predicted octanol–water partition coefficient (Wildman–Crippen LogP) is 5.57. The number of carboxylic acids is 1. The largest absolute Gasteiger partial charge is 0.477 e. The van der Waals surface area contributed by atoms with E-state index in [9.17, 15) is 9.90 Å². The lowest BCUT2D eigenvalue weighted by Crippen LogP contribution is -2.17. The SMILES string of the molecule is O=C(O)/C(Cc1ccccc1)=N/Nc1nc(-c2ccccc2)c(-c2ccccc2)s1. The fourth-order valence-corrected chi connectivity index (χ4v) is 3.95. The zero-order valence-electron chi connectivity index (χ0n) is 16.0. The average molecular weight is 414 g/mol. The second-order valence-corrected chi connectivity index (χ2v) is 7.57. The number of hydrogen-bond donors (Lipinski definition) is 2. The molecule has 4 aromatic rings. The van der Waals surface area contributed by atoms with Gasteiger partial charge in [-0.05, 0) is 11.1 Å². The third kappa shape index (κ3) is 4.61. The summed E-state index contributed by atoms with van der Waals surface area (Å²) in [6.45, 7) is 0. The van der Waals surface area contributed by atoms with Gasteiger partial charge >= 0.3 is 5.97 Å². The normalized spacial score (nSPS) is 11.3. The van der Waals surface area contributed by atoms with Crippen LogP contribution in [0.25, 0.3) is 21.7 Å². The Balaban J connectivity index is 1.66. The summed E-state index contributed by atoms with van der Waals surface area (Å²) in [6.07, 6.45) is 0.228. The molecule has 1 aromatic heterocycles. The van der Waals surface area contributed by atoms with Gasteiger partial charge in [0.1, 0.15) is 5.71 Å². The molecule has 0 aliphatic carbocycles. The van der Waals surface area contributed by atoms with Gasteiger partial charge in [-0.3, -0.25) is 5.43 Å². The second kappa shape index (κ2) is 9.15. The molecule has 148 valence electrons. The average Bonchev–Trinajstić information content (AvgIpc) is 3.23. The van der Waals surface area contributed by atoms with E-state index in [1.165, 1.54) is 11.3 Å². The van der Waals surface area contributed by atoms with E-state index in [-0.39, 0.29) is 12.1 Å². The Hall–Kier alpha value is -3.77. The van der Waals surface area contributed by atoms with Crippen molar-refractivity contribution >= 4 is 28.1 Å². The molecule has 30 heavy (non-hydrogen) atoms. The number of aliphatic carboxylic acids is 1. The number of nitrogens with zero attached hydrogens (tertiary/aromatic N) is 2. The topological polar surface area (TPSA) is 74.6 Å². The van der Waals surface area contributed by atoms with Crippen molar-refractivity contribution in [3.63, 3.8) is 0 Å². The summed E-state index contributed by atoms with van der Waals surface area (Å²) in [7, 11) is 0. The number of hydrazone groups is 1. The van der Waals surface area contributed by atoms with E-state index < -0.39 is 5.97 Å². The first-order chi connectivity index (χ1) is 14.7. The number of rotatable bonds is 7. The summed E-state index contributed by atoms with van der Waals surface area (Å²) in [4.78, 5) is 17.4. The van der Waals surface area contributed by atoms with E-state index >= 15 is 0 Å². The second-order valence-electron chi connectivity index (χ2n) is 6.57. The first kappa shape index (κ1) is 19.5. The molecular weight excluding hydrogens is 394 g/mol. The van der Waals surface area contributed by atoms with Crippen molar-refractivity contribution in [2.75, 3.05) is 5.43 Å². The van der Waals surface area contributed by atoms with Crippen molar-refractivity contribution < 1.29 is 9.90 Å². The van der Waals surface area contributed by atoms with Crippen molar-refractivity contribution in [3.05, 3.63) is 96.6 Å². The van der Waals surface area contributed by atoms with E-state index in [1.807, 2.05) is 91.0 Å². The zero-order chi connectivity index (χ0) is 20.8. The number of benzene rings is 3. The molecule has 0 atom stereocenters. The Morgan fingerprint density at radius 1 is 0.867 bits per heavy atom. The van der Waals surface area contributed by atoms with Crippen molar-refractivity contribution in [2.45, 2.75) is 6.42 Å². The van der Waals surface area contributed by atoms with Gasteiger partial charge in [-0.15, -0.1) is 0 Å². The molecule has 2 N–H and O–H groups in total. The molecule has 0 radical (unpaired) electrons. The molecule has 5 nitrogen and oxygen atoms in total. The van der Waals surface area contributed by atoms with Gasteiger partial charge in [0, 0.05) is 12.0 Å². The molecule has 0 saturated heterocycles. The van der Waals surface area contributed by atoms with Gasteiger partial charge in [-0.25, -0.2) is 9.78 Å². The van der Waals surface area contributed by atoms with Crippen molar-refractivity contribution in [1.29, 1.82) is 0 Å². The van der Waals surface area contributed by atoms with Gasteiger partial charge < -0.3 is 5.11 Å². The lowest BCUT2D eigenvalue weighted by Gasteiger charge is -2.02. The number of hydrogen-bond acceptors (Lipinski definition) is 5. The third-order valence-corrected chi connectivity index (χ3v) is 5.47. The van der Waals surface area contributed by atoms with E-state index in [4.69, 9.17) is 4.98 Å². The maximum atomic E-state index is 11.7. The van der Waals surface area contributed by atoms with Crippen LogP contribution in [0.1, 0.15) is 5.56 Å². The number of nitrogens with one attached hydrogen (secondary N) is 1. The highest BCUT2D eigenvalue weighted by Gasteiger charge is 2.16. The minimum atomic E-state index is -1.06. The number of aromatic nitrogens is 1. The van der Waals surface area contributed by atoms with Crippen LogP contribution in [0.15, 0.2) is 96.1 Å². The van der Waals surface area contributed by atoms with Gasteiger partial charge in [-0.1, -0.05) is 102 Å². The van der Waals surface area contributed by atoms with Crippen LogP contribution in [0.4, 0.5) is 5.13 Å². The standard InChI is InChI=1S/C24H19N3O2S/c28-23(29)20(16-17-10-4-1-5-11-17)26-27-24-25-21(18-12-6-2-7-13-18)22(30-24)19-14-8-3-9-15-19/h1-15H,16H2,(H,25,27)(H,28,29)/b26-20+. The van der Waals surface area contributed by atoms with Crippen molar-refractivity contribution in [1.82, 2.24) is 4.98 Å². The lowest BCUT2D eigenvalue weighted by atomic mass is 10.1. The minimum absolute atomic E-state index is 0.0268. The quantitative estimate of drug-likeness (QED) is 0.307. The first-order valence-electron chi connectivity index (χ1n) is 9.42. The molecule has 0 spiro atoms. The molecule has 0 saturated carbocycles. The van der Waals surface area contributed by atoms with Crippen LogP contribution < -0.4 is 5.43 Å². The van der Waals surface area contributed by atoms with Crippen LogP contribution in [0, 0.1) is 0 Å². The van der Waals surface area contributed by atoms with Crippen molar-refractivity contribution in [3.8, 4) is 21.7 Å². The summed E-state index contributed by atoms with van der Waals surface area (Å²) >= 11 is 1.45. The van der Waals surface area contributed by atoms with Gasteiger partial charge in [0.05, 0.1) is 10.6 Å². The lowest BCUT2D eigenvalue weighted by molar-refractivity contribution is -0.129. The Morgan fingerprint density at radius 2 is 1.43 bits per heavy atom. The van der Waals surface area contributed by atoms with Gasteiger partial charge in [0.25, 0.3) is 0 Å². The van der Waals surface area contributed by atoms with Gasteiger partial charge in [-0.2, -0.15) is 5.10 Å². The van der Waals surface area contributed by atoms with Crippen LogP contribution in [-0.2, 0) is 11.2 Å². The number of carbonyl (C=O) groups is 1. The molecule has 0 unspecified atom stereocenters. The van der Waals surface area contributed by atoms with Crippen LogP contribution in [0.2, 0.25) is 0 Å². The molecule has 0 bridgehead atoms. The van der Waals surface area contributed by atoms with E-state index in [0.717, 1.165) is 27.3 Å². The number of thiazole rings is 1. The highest BCUT2D eigenvalue weighted by atomic mass is 32.1. The van der Waals surface area contributed by atoms with E-state index in [1.54, 1.807) is 0 Å². The maximum Gasteiger partial charge on any atom is 0.352 e. The molecule has 3 aromatic carbocycles.